The van der Waals surface area contributed by atoms with Gasteiger partial charge in [0.05, 0.1) is 0 Å². The summed E-state index contributed by atoms with van der Waals surface area (Å²) in [6, 6.07) is 5.17. The van der Waals surface area contributed by atoms with Crippen LogP contribution in [0.2, 0.25) is 0 Å². The van der Waals surface area contributed by atoms with Crippen LogP contribution in [0.1, 0.15) is 52.6 Å². The third-order valence-corrected chi connectivity index (χ3v) is 3.20. The fourth-order valence-corrected chi connectivity index (χ4v) is 1.74. The Balaban J connectivity index is 3.08. The number of ether oxygens (including phenoxy) is 1. The molecule has 0 aromatic heterocycles. The van der Waals surface area contributed by atoms with Crippen LogP contribution < -0.4 is 10.1 Å². The lowest BCUT2D eigenvalue weighted by atomic mass is 10.0. The normalized spacial score (nSPS) is 13.4. The third kappa shape index (κ3) is 3.70. The summed E-state index contributed by atoms with van der Waals surface area (Å²) in [4.78, 5) is 0. The maximum atomic E-state index is 14.0. The minimum absolute atomic E-state index is 0.0772. The summed E-state index contributed by atoms with van der Waals surface area (Å²) in [6.45, 7) is 10.9. The smallest absolute Gasteiger partial charge is 0.165 e. The van der Waals surface area contributed by atoms with E-state index in [-0.39, 0.29) is 17.5 Å². The molecule has 1 unspecified atom stereocenters. The van der Waals surface area contributed by atoms with Crippen molar-refractivity contribution in [2.75, 3.05) is 6.54 Å². The lowest BCUT2D eigenvalue weighted by Gasteiger charge is -2.28. The van der Waals surface area contributed by atoms with E-state index in [2.05, 4.69) is 5.32 Å². The standard InChI is InChI=1S/C15H24FNO/c1-6-15(4,5)18-14-12(11(3)17-7-2)9-8-10-13(14)16/h8-11,17H,6-7H2,1-5H3. The lowest BCUT2D eigenvalue weighted by Crippen LogP contribution is -2.29. The number of benzene rings is 1. The van der Waals surface area contributed by atoms with Crippen molar-refractivity contribution in [3.63, 3.8) is 0 Å². The molecule has 102 valence electrons. The van der Waals surface area contributed by atoms with Crippen LogP contribution in [0.5, 0.6) is 5.75 Å². The first-order chi connectivity index (χ1) is 8.41. The van der Waals surface area contributed by atoms with Crippen LogP contribution in [-0.2, 0) is 0 Å². The Morgan fingerprint density at radius 3 is 2.56 bits per heavy atom. The van der Waals surface area contributed by atoms with Crippen LogP contribution >= 0.6 is 0 Å². The second kappa shape index (κ2) is 6.19. The molecule has 1 aromatic rings. The molecule has 0 amide bonds. The summed E-state index contributed by atoms with van der Waals surface area (Å²) in [7, 11) is 0. The highest BCUT2D eigenvalue weighted by Gasteiger charge is 2.23. The van der Waals surface area contributed by atoms with E-state index in [1.165, 1.54) is 6.07 Å². The van der Waals surface area contributed by atoms with E-state index in [1.807, 2.05) is 40.7 Å². The molecule has 0 heterocycles. The molecule has 1 atom stereocenters. The Morgan fingerprint density at radius 2 is 2.00 bits per heavy atom. The zero-order valence-corrected chi connectivity index (χ0v) is 12.0. The quantitative estimate of drug-likeness (QED) is 0.825. The minimum atomic E-state index is -0.358. The van der Waals surface area contributed by atoms with Crippen molar-refractivity contribution in [3.05, 3.63) is 29.6 Å². The molecular weight excluding hydrogens is 229 g/mol. The van der Waals surface area contributed by atoms with E-state index in [1.54, 1.807) is 6.07 Å². The molecule has 0 fully saturated rings. The SMILES string of the molecule is CCNC(C)c1cccc(F)c1OC(C)(C)CC. The predicted molar refractivity (Wildman–Crippen MR) is 73.5 cm³/mol. The fraction of sp³-hybridized carbons (Fsp3) is 0.600. The van der Waals surface area contributed by atoms with Crippen LogP contribution in [-0.4, -0.2) is 12.1 Å². The van der Waals surface area contributed by atoms with Crippen molar-refractivity contribution < 1.29 is 9.13 Å². The second-order valence-electron chi connectivity index (χ2n) is 5.15. The zero-order valence-electron chi connectivity index (χ0n) is 12.0. The first kappa shape index (κ1) is 15.0. The first-order valence-electron chi connectivity index (χ1n) is 6.62. The summed E-state index contributed by atoms with van der Waals surface area (Å²) in [5.41, 5.74) is 0.515. The highest BCUT2D eigenvalue weighted by Crippen LogP contribution is 2.31. The van der Waals surface area contributed by atoms with Crippen molar-refractivity contribution in [2.45, 2.75) is 52.7 Å². The minimum Gasteiger partial charge on any atom is -0.484 e. The van der Waals surface area contributed by atoms with Crippen LogP contribution in [0.15, 0.2) is 18.2 Å². The molecule has 3 heteroatoms. The van der Waals surface area contributed by atoms with Gasteiger partial charge in [-0.15, -0.1) is 0 Å². The van der Waals surface area contributed by atoms with Crippen LogP contribution in [0, 0.1) is 5.82 Å². The molecule has 0 radical (unpaired) electrons. The highest BCUT2D eigenvalue weighted by molar-refractivity contribution is 5.37. The van der Waals surface area contributed by atoms with Crippen molar-refractivity contribution in [3.8, 4) is 5.75 Å². The maximum Gasteiger partial charge on any atom is 0.165 e. The molecule has 1 N–H and O–H groups in total. The van der Waals surface area contributed by atoms with Gasteiger partial charge in [0.2, 0.25) is 0 Å². The third-order valence-electron chi connectivity index (χ3n) is 3.20. The number of hydrogen-bond acceptors (Lipinski definition) is 2. The molecule has 1 aromatic carbocycles. The second-order valence-corrected chi connectivity index (χ2v) is 5.15. The predicted octanol–water partition coefficient (Wildman–Crippen LogP) is 4.06. The molecule has 0 aliphatic heterocycles. The van der Waals surface area contributed by atoms with Crippen molar-refractivity contribution >= 4 is 0 Å². The van der Waals surface area contributed by atoms with Gasteiger partial charge in [-0.05, 0) is 39.8 Å². The molecule has 0 bridgehead atoms. The number of hydrogen-bond donors (Lipinski definition) is 1. The Kier molecular flexibility index (Phi) is 5.15. The topological polar surface area (TPSA) is 21.3 Å². The van der Waals surface area contributed by atoms with E-state index in [4.69, 9.17) is 4.74 Å². The molecule has 18 heavy (non-hydrogen) atoms. The van der Waals surface area contributed by atoms with E-state index in [9.17, 15) is 4.39 Å². The monoisotopic (exact) mass is 253 g/mol. The fourth-order valence-electron chi connectivity index (χ4n) is 1.74. The van der Waals surface area contributed by atoms with Gasteiger partial charge in [0.15, 0.2) is 11.6 Å². The average Bonchev–Trinajstić information content (AvgIpc) is 2.32. The first-order valence-corrected chi connectivity index (χ1v) is 6.62. The number of halogens is 1. The molecular formula is C15H24FNO. The van der Waals surface area contributed by atoms with Crippen LogP contribution in [0.25, 0.3) is 0 Å². The summed E-state index contributed by atoms with van der Waals surface area (Å²) in [5, 5.41) is 3.29. The summed E-state index contributed by atoms with van der Waals surface area (Å²) >= 11 is 0. The molecule has 0 saturated heterocycles. The molecule has 0 aliphatic rings. The van der Waals surface area contributed by atoms with Gasteiger partial charge < -0.3 is 10.1 Å². The van der Waals surface area contributed by atoms with Crippen molar-refractivity contribution in [1.29, 1.82) is 0 Å². The van der Waals surface area contributed by atoms with Crippen LogP contribution in [0.3, 0.4) is 0 Å². The number of para-hydroxylation sites is 1. The Labute approximate surface area is 110 Å². The summed E-state index contributed by atoms with van der Waals surface area (Å²) in [5.74, 6) is 0.0802. The number of rotatable bonds is 6. The van der Waals surface area contributed by atoms with Gasteiger partial charge in [-0.3, -0.25) is 0 Å². The van der Waals surface area contributed by atoms with Gasteiger partial charge in [-0.2, -0.15) is 0 Å². The summed E-state index contributed by atoms with van der Waals surface area (Å²) < 4.78 is 19.8. The lowest BCUT2D eigenvalue weighted by molar-refractivity contribution is 0.0973. The summed E-state index contributed by atoms with van der Waals surface area (Å²) in [6.07, 6.45) is 0.830. The maximum absolute atomic E-state index is 14.0. The van der Waals surface area contributed by atoms with Gasteiger partial charge >= 0.3 is 0 Å². The van der Waals surface area contributed by atoms with Gasteiger partial charge in [-0.25, -0.2) is 4.39 Å². The highest BCUT2D eigenvalue weighted by atomic mass is 19.1. The molecule has 0 saturated carbocycles. The van der Waals surface area contributed by atoms with Gasteiger partial charge in [-0.1, -0.05) is 26.0 Å². The number of nitrogens with one attached hydrogen (secondary N) is 1. The van der Waals surface area contributed by atoms with Crippen molar-refractivity contribution in [1.82, 2.24) is 5.32 Å². The van der Waals surface area contributed by atoms with E-state index in [0.717, 1.165) is 18.5 Å². The van der Waals surface area contributed by atoms with Crippen LogP contribution in [0.4, 0.5) is 4.39 Å². The van der Waals surface area contributed by atoms with Crippen molar-refractivity contribution in [2.24, 2.45) is 0 Å². The molecule has 2 nitrogen and oxygen atoms in total. The van der Waals surface area contributed by atoms with Gasteiger partial charge in [0, 0.05) is 11.6 Å². The molecule has 0 aliphatic carbocycles. The van der Waals surface area contributed by atoms with E-state index in [0.29, 0.717) is 5.75 Å². The van der Waals surface area contributed by atoms with E-state index < -0.39 is 0 Å². The van der Waals surface area contributed by atoms with E-state index >= 15 is 0 Å². The Bertz CT molecular complexity index is 390. The van der Waals surface area contributed by atoms with Gasteiger partial charge in [0.1, 0.15) is 5.60 Å². The Morgan fingerprint density at radius 1 is 1.33 bits per heavy atom. The van der Waals surface area contributed by atoms with Gasteiger partial charge in [0.25, 0.3) is 0 Å². The Hall–Kier alpha value is -1.09. The largest absolute Gasteiger partial charge is 0.484 e. The average molecular weight is 253 g/mol. The zero-order chi connectivity index (χ0) is 13.8. The molecule has 0 spiro atoms. The molecule has 1 rings (SSSR count).